The number of hydrogen-bond donors (Lipinski definition) is 2. The highest BCUT2D eigenvalue weighted by atomic mass is 19.1. The van der Waals surface area contributed by atoms with Crippen LogP contribution in [0.25, 0.3) is 0 Å². The van der Waals surface area contributed by atoms with E-state index < -0.39 is 11.8 Å². The molecule has 0 atom stereocenters. The summed E-state index contributed by atoms with van der Waals surface area (Å²) in [6, 6.07) is 17.9. The van der Waals surface area contributed by atoms with Gasteiger partial charge in [-0.1, -0.05) is 18.2 Å². The Balaban J connectivity index is 1.50. The second-order valence-corrected chi connectivity index (χ2v) is 6.67. The van der Waals surface area contributed by atoms with Crippen LogP contribution in [0, 0.1) is 5.82 Å². The van der Waals surface area contributed by atoms with Crippen molar-refractivity contribution in [1.29, 1.82) is 0 Å². The number of ether oxygens (including phenoxy) is 3. The van der Waals surface area contributed by atoms with Gasteiger partial charge >= 0.3 is 11.8 Å². The molecule has 170 valence electrons. The van der Waals surface area contributed by atoms with Gasteiger partial charge in [0.25, 0.3) is 0 Å². The normalized spacial score (nSPS) is 10.5. The molecule has 0 bridgehead atoms. The van der Waals surface area contributed by atoms with E-state index in [1.165, 1.54) is 26.5 Å². The first-order valence-corrected chi connectivity index (χ1v) is 9.83. The molecule has 0 aliphatic rings. The lowest BCUT2D eigenvalue weighted by Crippen LogP contribution is -2.32. The van der Waals surface area contributed by atoms with Crippen LogP contribution in [0.15, 0.2) is 71.8 Å². The van der Waals surface area contributed by atoms with Gasteiger partial charge in [-0.15, -0.1) is 0 Å². The molecule has 0 aliphatic carbocycles. The van der Waals surface area contributed by atoms with Crippen LogP contribution in [0.2, 0.25) is 0 Å². The van der Waals surface area contributed by atoms with E-state index in [9.17, 15) is 14.0 Å². The third kappa shape index (κ3) is 6.54. The Bertz CT molecular complexity index is 1150. The maximum Gasteiger partial charge on any atom is 0.329 e. The number of rotatable bonds is 8. The summed E-state index contributed by atoms with van der Waals surface area (Å²) in [5.41, 5.74) is 3.59. The predicted octanol–water partition coefficient (Wildman–Crippen LogP) is 3.51. The molecule has 9 heteroatoms. The first-order chi connectivity index (χ1) is 16.0. The van der Waals surface area contributed by atoms with Crippen molar-refractivity contribution in [3.8, 4) is 17.2 Å². The Morgan fingerprint density at radius 1 is 0.939 bits per heavy atom. The van der Waals surface area contributed by atoms with Crippen molar-refractivity contribution in [2.75, 3.05) is 19.5 Å². The Kier molecular flexibility index (Phi) is 7.96. The first-order valence-electron chi connectivity index (χ1n) is 9.83. The van der Waals surface area contributed by atoms with Gasteiger partial charge in [0, 0.05) is 11.6 Å². The van der Waals surface area contributed by atoms with E-state index in [0.29, 0.717) is 34.1 Å². The summed E-state index contributed by atoms with van der Waals surface area (Å²) in [6.45, 7) is 0.101. The molecule has 2 N–H and O–H groups in total. The van der Waals surface area contributed by atoms with Crippen molar-refractivity contribution >= 4 is 23.7 Å². The van der Waals surface area contributed by atoms with Crippen molar-refractivity contribution in [2.45, 2.75) is 6.61 Å². The molecule has 0 fully saturated rings. The maximum absolute atomic E-state index is 13.6. The SMILES string of the molecule is COc1ccc(NC(=O)C(=O)N/N=C/c2ccc(OCc3ccccc3F)cc2)c(OC)c1. The number of halogens is 1. The third-order valence-corrected chi connectivity index (χ3v) is 4.48. The predicted molar refractivity (Wildman–Crippen MR) is 121 cm³/mol. The van der Waals surface area contributed by atoms with E-state index in [1.807, 2.05) is 0 Å². The van der Waals surface area contributed by atoms with E-state index in [-0.39, 0.29) is 12.4 Å². The van der Waals surface area contributed by atoms with Crippen LogP contribution in [-0.2, 0) is 16.2 Å². The number of carbonyl (C=O) groups is 2. The summed E-state index contributed by atoms with van der Waals surface area (Å²) in [6.07, 6.45) is 1.37. The molecule has 3 aromatic carbocycles. The Morgan fingerprint density at radius 3 is 2.36 bits per heavy atom. The molecule has 33 heavy (non-hydrogen) atoms. The second kappa shape index (κ2) is 11.3. The van der Waals surface area contributed by atoms with Gasteiger partial charge < -0.3 is 19.5 Å². The van der Waals surface area contributed by atoms with Gasteiger partial charge in [-0.3, -0.25) is 9.59 Å². The van der Waals surface area contributed by atoms with E-state index >= 15 is 0 Å². The third-order valence-electron chi connectivity index (χ3n) is 4.48. The maximum atomic E-state index is 13.6. The summed E-state index contributed by atoms with van der Waals surface area (Å²) < 4.78 is 29.5. The molecule has 0 saturated carbocycles. The lowest BCUT2D eigenvalue weighted by molar-refractivity contribution is -0.136. The molecular weight excluding hydrogens is 429 g/mol. The highest BCUT2D eigenvalue weighted by Gasteiger charge is 2.15. The number of benzene rings is 3. The molecule has 2 amide bonds. The van der Waals surface area contributed by atoms with Crippen LogP contribution < -0.4 is 25.0 Å². The molecule has 0 saturated heterocycles. The number of carbonyl (C=O) groups excluding carboxylic acids is 2. The van der Waals surface area contributed by atoms with E-state index in [0.717, 1.165) is 0 Å². The number of nitrogens with one attached hydrogen (secondary N) is 2. The molecule has 8 nitrogen and oxygen atoms in total. The van der Waals surface area contributed by atoms with Crippen LogP contribution in [0.4, 0.5) is 10.1 Å². The topological polar surface area (TPSA) is 98.2 Å². The highest BCUT2D eigenvalue weighted by Crippen LogP contribution is 2.28. The van der Waals surface area contributed by atoms with E-state index in [4.69, 9.17) is 14.2 Å². The quantitative estimate of drug-likeness (QED) is 0.310. The van der Waals surface area contributed by atoms with E-state index in [2.05, 4.69) is 15.8 Å². The second-order valence-electron chi connectivity index (χ2n) is 6.67. The minimum Gasteiger partial charge on any atom is -0.497 e. The molecule has 0 aromatic heterocycles. The standard InChI is InChI=1S/C24H22FN3O5/c1-31-19-11-12-21(22(13-19)32-2)27-23(29)24(30)28-26-14-16-7-9-18(10-8-16)33-15-17-5-3-4-6-20(17)25/h3-14H,15H2,1-2H3,(H,27,29)(H,28,30)/b26-14+. The fraction of sp³-hybridized carbons (Fsp3) is 0.125. The number of anilines is 1. The molecule has 0 spiro atoms. The monoisotopic (exact) mass is 451 g/mol. The lowest BCUT2D eigenvalue weighted by Gasteiger charge is -2.10. The van der Waals surface area contributed by atoms with Crippen molar-refractivity contribution in [1.82, 2.24) is 5.43 Å². The summed E-state index contributed by atoms with van der Waals surface area (Å²) in [5.74, 6) is -0.751. The molecule has 0 aliphatic heterocycles. The molecular formula is C24H22FN3O5. The zero-order valence-electron chi connectivity index (χ0n) is 18.0. The Hall–Kier alpha value is -4.40. The summed E-state index contributed by atoms with van der Waals surface area (Å²) >= 11 is 0. The number of methoxy groups -OCH3 is 2. The fourth-order valence-corrected chi connectivity index (χ4v) is 2.72. The van der Waals surface area contributed by atoms with Gasteiger partial charge in [-0.2, -0.15) is 5.10 Å². The van der Waals surface area contributed by atoms with Gasteiger partial charge in [-0.25, -0.2) is 9.82 Å². The summed E-state index contributed by atoms with van der Waals surface area (Å²) in [7, 11) is 2.94. The largest absolute Gasteiger partial charge is 0.497 e. The average molecular weight is 451 g/mol. The van der Waals surface area contributed by atoms with Gasteiger partial charge in [-0.05, 0) is 48.0 Å². The summed E-state index contributed by atoms with van der Waals surface area (Å²) in [5, 5.41) is 6.23. The number of hydrogen-bond acceptors (Lipinski definition) is 6. The van der Waals surface area contributed by atoms with Crippen LogP contribution in [0.3, 0.4) is 0 Å². The zero-order chi connectivity index (χ0) is 23.6. The van der Waals surface area contributed by atoms with Crippen molar-refractivity contribution < 1.29 is 28.2 Å². The Morgan fingerprint density at radius 2 is 1.67 bits per heavy atom. The minimum atomic E-state index is -0.950. The van der Waals surface area contributed by atoms with Gasteiger partial charge in [0.2, 0.25) is 0 Å². The van der Waals surface area contributed by atoms with Gasteiger partial charge in [0.05, 0.1) is 26.1 Å². The van der Waals surface area contributed by atoms with Crippen molar-refractivity contribution in [2.24, 2.45) is 5.10 Å². The van der Waals surface area contributed by atoms with Crippen LogP contribution in [0.5, 0.6) is 17.2 Å². The number of nitrogens with zero attached hydrogens (tertiary/aromatic N) is 1. The molecule has 3 aromatic rings. The van der Waals surface area contributed by atoms with Crippen LogP contribution in [0.1, 0.15) is 11.1 Å². The molecule has 3 rings (SSSR count). The molecule has 0 unspecified atom stereocenters. The van der Waals surface area contributed by atoms with Crippen molar-refractivity contribution in [3.63, 3.8) is 0 Å². The molecule has 0 heterocycles. The fourth-order valence-electron chi connectivity index (χ4n) is 2.72. The van der Waals surface area contributed by atoms with E-state index in [1.54, 1.807) is 60.7 Å². The molecule has 0 radical (unpaired) electrons. The van der Waals surface area contributed by atoms with Crippen molar-refractivity contribution in [3.05, 3.63) is 83.7 Å². The summed E-state index contributed by atoms with van der Waals surface area (Å²) in [4.78, 5) is 24.1. The number of amides is 2. The Labute approximate surface area is 190 Å². The first kappa shape index (κ1) is 23.3. The smallest absolute Gasteiger partial charge is 0.329 e. The minimum absolute atomic E-state index is 0.101. The zero-order valence-corrected chi connectivity index (χ0v) is 18.0. The van der Waals surface area contributed by atoms with Crippen LogP contribution >= 0.6 is 0 Å². The van der Waals surface area contributed by atoms with Gasteiger partial charge in [0.1, 0.15) is 29.7 Å². The van der Waals surface area contributed by atoms with Crippen LogP contribution in [-0.4, -0.2) is 32.2 Å². The van der Waals surface area contributed by atoms with Gasteiger partial charge in [0.15, 0.2) is 0 Å². The lowest BCUT2D eigenvalue weighted by atomic mass is 10.2. The highest BCUT2D eigenvalue weighted by molar-refractivity contribution is 6.39. The number of hydrazone groups is 1. The average Bonchev–Trinajstić information content (AvgIpc) is 2.84.